The molecule has 2 aromatic rings. The van der Waals surface area contributed by atoms with E-state index in [1.807, 2.05) is 12.1 Å². The molecule has 2 aliphatic rings. The normalized spacial score (nSPS) is 20.1. The van der Waals surface area contributed by atoms with Crippen molar-refractivity contribution in [3.8, 4) is 11.5 Å². The van der Waals surface area contributed by atoms with Crippen LogP contribution in [0.25, 0.3) is 0 Å². The van der Waals surface area contributed by atoms with Gasteiger partial charge in [0.1, 0.15) is 11.5 Å². The molecule has 0 N–H and O–H groups in total. The molecule has 0 radical (unpaired) electrons. The molecule has 0 aliphatic carbocycles. The summed E-state index contributed by atoms with van der Waals surface area (Å²) >= 11 is 0. The second-order valence-electron chi connectivity index (χ2n) is 6.82. The Morgan fingerprint density at radius 2 is 2.08 bits per heavy atom. The van der Waals surface area contributed by atoms with Crippen LogP contribution in [-0.4, -0.2) is 44.4 Å². The van der Waals surface area contributed by atoms with Crippen molar-refractivity contribution in [1.82, 2.24) is 4.90 Å². The van der Waals surface area contributed by atoms with Crippen molar-refractivity contribution < 1.29 is 14.2 Å². The Morgan fingerprint density at radius 1 is 1.12 bits per heavy atom. The summed E-state index contributed by atoms with van der Waals surface area (Å²) in [6, 6.07) is 14.9. The van der Waals surface area contributed by atoms with Crippen LogP contribution < -0.4 is 9.47 Å². The predicted molar refractivity (Wildman–Crippen MR) is 97.4 cm³/mol. The van der Waals surface area contributed by atoms with Crippen LogP contribution in [0.1, 0.15) is 16.7 Å². The highest BCUT2D eigenvalue weighted by Crippen LogP contribution is 2.26. The van der Waals surface area contributed by atoms with Crippen LogP contribution >= 0.6 is 0 Å². The zero-order chi connectivity index (χ0) is 17.1. The molecule has 2 heterocycles. The largest absolute Gasteiger partial charge is 0.497 e. The minimum atomic E-state index is 0.235. The van der Waals surface area contributed by atoms with Crippen molar-refractivity contribution in [2.75, 3.05) is 33.4 Å². The van der Waals surface area contributed by atoms with E-state index in [0.29, 0.717) is 0 Å². The fourth-order valence-corrected chi connectivity index (χ4v) is 3.71. The number of benzene rings is 2. The first-order chi connectivity index (χ1) is 12.3. The van der Waals surface area contributed by atoms with Gasteiger partial charge in [0.2, 0.25) is 0 Å². The molecule has 0 unspecified atom stereocenters. The molecule has 0 aromatic heterocycles. The average Bonchev–Trinajstić information content (AvgIpc) is 3.10. The second kappa shape index (κ2) is 7.46. The number of fused-ring (bicyclic) bond motifs is 1. The van der Waals surface area contributed by atoms with Crippen LogP contribution in [0, 0.1) is 0 Å². The second-order valence-corrected chi connectivity index (χ2v) is 6.82. The lowest BCUT2D eigenvalue weighted by Crippen LogP contribution is -2.42. The Bertz CT molecular complexity index is 731. The molecule has 4 heteroatoms. The lowest BCUT2D eigenvalue weighted by Gasteiger charge is -2.33. The van der Waals surface area contributed by atoms with Crippen LogP contribution in [0.4, 0.5) is 0 Å². The lowest BCUT2D eigenvalue weighted by molar-refractivity contribution is -0.0305. The van der Waals surface area contributed by atoms with Crippen molar-refractivity contribution in [2.45, 2.75) is 25.5 Å². The fourth-order valence-electron chi connectivity index (χ4n) is 3.71. The highest BCUT2D eigenvalue weighted by atomic mass is 16.5. The molecule has 1 fully saturated rings. The molecule has 0 saturated carbocycles. The molecular weight excluding hydrogens is 314 g/mol. The van der Waals surface area contributed by atoms with Crippen molar-refractivity contribution in [2.24, 2.45) is 0 Å². The number of hydrogen-bond acceptors (Lipinski definition) is 4. The van der Waals surface area contributed by atoms with Gasteiger partial charge in [-0.3, -0.25) is 4.90 Å². The Labute approximate surface area is 149 Å². The van der Waals surface area contributed by atoms with Gasteiger partial charge in [-0.2, -0.15) is 0 Å². The zero-order valence-electron chi connectivity index (χ0n) is 14.7. The van der Waals surface area contributed by atoms with Gasteiger partial charge in [-0.05, 0) is 34.9 Å². The summed E-state index contributed by atoms with van der Waals surface area (Å²) in [6.45, 7) is 4.54. The van der Waals surface area contributed by atoms with Gasteiger partial charge in [0.25, 0.3) is 0 Å². The van der Waals surface area contributed by atoms with Crippen molar-refractivity contribution in [1.29, 1.82) is 0 Å². The first-order valence-electron chi connectivity index (χ1n) is 9.01. The molecule has 2 aliphatic heterocycles. The molecule has 0 bridgehead atoms. The minimum absolute atomic E-state index is 0.235. The molecule has 1 saturated heterocycles. The monoisotopic (exact) mass is 339 g/mol. The summed E-state index contributed by atoms with van der Waals surface area (Å²) in [6.07, 6.45) is 2.19. The summed E-state index contributed by atoms with van der Waals surface area (Å²) in [5, 5.41) is 0. The van der Waals surface area contributed by atoms with Gasteiger partial charge in [-0.25, -0.2) is 0 Å². The quantitative estimate of drug-likeness (QED) is 0.838. The van der Waals surface area contributed by atoms with E-state index in [2.05, 4.69) is 35.2 Å². The summed E-state index contributed by atoms with van der Waals surface area (Å²) in [5.41, 5.74) is 3.98. The number of rotatable bonds is 5. The highest BCUT2D eigenvalue weighted by Gasteiger charge is 2.21. The van der Waals surface area contributed by atoms with E-state index in [1.165, 1.54) is 16.7 Å². The van der Waals surface area contributed by atoms with Crippen LogP contribution in [0.3, 0.4) is 0 Å². The first kappa shape index (κ1) is 16.4. The average molecular weight is 339 g/mol. The van der Waals surface area contributed by atoms with Gasteiger partial charge < -0.3 is 14.2 Å². The Kier molecular flexibility index (Phi) is 4.90. The van der Waals surface area contributed by atoms with Crippen molar-refractivity contribution in [3.05, 3.63) is 59.2 Å². The van der Waals surface area contributed by atoms with E-state index >= 15 is 0 Å². The number of hydrogen-bond donors (Lipinski definition) is 0. The number of methoxy groups -OCH3 is 1. The fraction of sp³-hybridized carbons (Fsp3) is 0.429. The molecule has 132 valence electrons. The van der Waals surface area contributed by atoms with Gasteiger partial charge in [0.05, 0.1) is 26.4 Å². The summed E-state index contributed by atoms with van der Waals surface area (Å²) < 4.78 is 16.9. The number of ether oxygens (including phenoxy) is 3. The van der Waals surface area contributed by atoms with E-state index in [0.717, 1.165) is 57.2 Å². The maximum absolute atomic E-state index is 5.99. The van der Waals surface area contributed by atoms with Gasteiger partial charge in [0, 0.05) is 32.5 Å². The molecule has 2 aromatic carbocycles. The summed E-state index contributed by atoms with van der Waals surface area (Å²) in [7, 11) is 1.71. The van der Waals surface area contributed by atoms with E-state index in [1.54, 1.807) is 7.11 Å². The lowest BCUT2D eigenvalue weighted by atomic mass is 10.0. The molecular formula is C21H25NO3. The summed E-state index contributed by atoms with van der Waals surface area (Å²) in [5.74, 6) is 1.96. The van der Waals surface area contributed by atoms with E-state index in [9.17, 15) is 0 Å². The third kappa shape index (κ3) is 3.97. The van der Waals surface area contributed by atoms with Crippen LogP contribution in [-0.2, 0) is 24.1 Å². The standard InChI is InChI=1S/C21H25NO3/c1-23-19-4-2-3-16(12-19)13-20-15-22(8-10-24-20)14-17-5-6-21-18(11-17)7-9-25-21/h2-6,11-12,20H,7-10,13-15H2,1H3/t20-/m1/s1. The maximum atomic E-state index is 5.99. The highest BCUT2D eigenvalue weighted by molar-refractivity contribution is 5.39. The number of morpholine rings is 1. The topological polar surface area (TPSA) is 30.9 Å². The van der Waals surface area contributed by atoms with Crippen LogP contribution in [0.15, 0.2) is 42.5 Å². The third-order valence-electron chi connectivity index (χ3n) is 4.98. The van der Waals surface area contributed by atoms with E-state index in [-0.39, 0.29) is 6.10 Å². The molecule has 4 rings (SSSR count). The maximum Gasteiger partial charge on any atom is 0.122 e. The van der Waals surface area contributed by atoms with Gasteiger partial charge >= 0.3 is 0 Å². The van der Waals surface area contributed by atoms with E-state index < -0.39 is 0 Å². The van der Waals surface area contributed by atoms with Crippen molar-refractivity contribution in [3.63, 3.8) is 0 Å². The minimum Gasteiger partial charge on any atom is -0.497 e. The Balaban J connectivity index is 1.37. The van der Waals surface area contributed by atoms with E-state index in [4.69, 9.17) is 14.2 Å². The van der Waals surface area contributed by atoms with Crippen LogP contribution in [0.2, 0.25) is 0 Å². The van der Waals surface area contributed by atoms with Crippen molar-refractivity contribution >= 4 is 0 Å². The van der Waals surface area contributed by atoms with Gasteiger partial charge in [-0.1, -0.05) is 24.3 Å². The van der Waals surface area contributed by atoms with Crippen LogP contribution in [0.5, 0.6) is 11.5 Å². The molecule has 25 heavy (non-hydrogen) atoms. The SMILES string of the molecule is COc1cccc(C[C@@H]2CN(Cc3ccc4c(c3)CCO4)CCO2)c1. The third-order valence-corrected chi connectivity index (χ3v) is 4.98. The van der Waals surface area contributed by atoms with Gasteiger partial charge in [0.15, 0.2) is 0 Å². The van der Waals surface area contributed by atoms with Gasteiger partial charge in [-0.15, -0.1) is 0 Å². The smallest absolute Gasteiger partial charge is 0.122 e. The Hall–Kier alpha value is -2.04. The molecule has 0 spiro atoms. The zero-order valence-corrected chi connectivity index (χ0v) is 14.7. The number of nitrogens with zero attached hydrogens (tertiary/aromatic N) is 1. The Morgan fingerprint density at radius 3 is 3.00 bits per heavy atom. The predicted octanol–water partition coefficient (Wildman–Crippen LogP) is 3.07. The molecule has 4 nitrogen and oxygen atoms in total. The molecule has 1 atom stereocenters. The summed E-state index contributed by atoms with van der Waals surface area (Å²) in [4.78, 5) is 2.49. The first-order valence-corrected chi connectivity index (χ1v) is 9.01. The molecule has 0 amide bonds.